The van der Waals surface area contributed by atoms with E-state index in [-0.39, 0.29) is 5.24 Å². The maximum absolute atomic E-state index is 11.9. The molecule has 1 aliphatic heterocycles. The van der Waals surface area contributed by atoms with Crippen molar-refractivity contribution in [3.63, 3.8) is 0 Å². The van der Waals surface area contributed by atoms with Crippen LogP contribution in [0.3, 0.4) is 0 Å². The van der Waals surface area contributed by atoms with Crippen molar-refractivity contribution in [2.45, 2.75) is 27.3 Å². The number of carbonyl (C=O) groups excluding carboxylic acids is 1. The average Bonchev–Trinajstić information content (AvgIpc) is 3.11. The Bertz CT molecular complexity index is 1120. The number of benzene rings is 2. The van der Waals surface area contributed by atoms with Crippen LogP contribution in [-0.2, 0) is 6.54 Å². The van der Waals surface area contributed by atoms with Crippen LogP contribution >= 0.6 is 11.8 Å². The van der Waals surface area contributed by atoms with E-state index in [1.165, 1.54) is 16.8 Å². The summed E-state index contributed by atoms with van der Waals surface area (Å²) in [5.41, 5.74) is 4.97. The van der Waals surface area contributed by atoms with Gasteiger partial charge in [0.05, 0.1) is 23.9 Å². The number of amides is 1. The Labute approximate surface area is 180 Å². The molecule has 0 aliphatic carbocycles. The molecule has 0 fully saturated rings. The normalized spacial score (nSPS) is 14.5. The first-order valence-corrected chi connectivity index (χ1v) is 11.2. The van der Waals surface area contributed by atoms with Crippen LogP contribution in [0.4, 0.5) is 4.79 Å². The van der Waals surface area contributed by atoms with Crippen molar-refractivity contribution in [3.05, 3.63) is 48.0 Å². The fourth-order valence-corrected chi connectivity index (χ4v) is 4.41. The molecule has 4 rings (SSSR count). The number of fused-ring (bicyclic) bond motifs is 1. The Kier molecular flexibility index (Phi) is 5.81. The lowest BCUT2D eigenvalue weighted by Crippen LogP contribution is -2.29. The highest BCUT2D eigenvalue weighted by Gasteiger charge is 2.22. The van der Waals surface area contributed by atoms with Crippen LogP contribution in [0.5, 0.6) is 5.75 Å². The smallest absolute Gasteiger partial charge is 0.302 e. The van der Waals surface area contributed by atoms with Gasteiger partial charge in [-0.2, -0.15) is 5.10 Å². The molecule has 0 bridgehead atoms. The second-order valence-electron chi connectivity index (χ2n) is 7.69. The first kappa shape index (κ1) is 20.5. The molecule has 3 aromatic rings. The zero-order valence-corrected chi connectivity index (χ0v) is 18.6. The van der Waals surface area contributed by atoms with Crippen LogP contribution in [-0.4, -0.2) is 44.9 Å². The average molecular weight is 423 g/mol. The zero-order valence-electron chi connectivity index (χ0n) is 17.8. The Balaban J connectivity index is 1.82. The quantitative estimate of drug-likeness (QED) is 0.544. The van der Waals surface area contributed by atoms with E-state index in [0.29, 0.717) is 18.2 Å². The van der Waals surface area contributed by atoms with Gasteiger partial charge >= 0.3 is 5.24 Å². The minimum Gasteiger partial charge on any atom is -0.497 e. The number of hydrogen-bond acceptors (Lipinski definition) is 5. The van der Waals surface area contributed by atoms with E-state index >= 15 is 0 Å². The van der Waals surface area contributed by atoms with E-state index in [0.717, 1.165) is 46.0 Å². The van der Waals surface area contributed by atoms with Crippen LogP contribution in [0.2, 0.25) is 0 Å². The minimum absolute atomic E-state index is 0.00357. The number of ether oxygens (including phenoxy) is 1. The van der Waals surface area contributed by atoms with Gasteiger partial charge < -0.3 is 9.30 Å². The van der Waals surface area contributed by atoms with Gasteiger partial charge in [0.25, 0.3) is 0 Å². The molecule has 156 valence electrons. The lowest BCUT2D eigenvalue weighted by molar-refractivity contribution is 0.227. The summed E-state index contributed by atoms with van der Waals surface area (Å²) >= 11 is 1.29. The van der Waals surface area contributed by atoms with Gasteiger partial charge in [-0.25, -0.2) is 9.99 Å². The number of imidazole rings is 1. The molecule has 0 atom stereocenters. The molecular formula is C23H26N4O2S. The third-order valence-corrected chi connectivity index (χ3v) is 5.92. The molecular weight excluding hydrogens is 396 g/mol. The molecule has 1 aromatic heterocycles. The second kappa shape index (κ2) is 8.52. The highest BCUT2D eigenvalue weighted by molar-refractivity contribution is 8.14. The molecule has 1 amide bonds. The Morgan fingerprint density at radius 2 is 2.00 bits per heavy atom. The molecule has 0 saturated heterocycles. The number of thioether (sulfide) groups is 1. The molecule has 2 aromatic carbocycles. The molecule has 0 saturated carbocycles. The summed E-state index contributed by atoms with van der Waals surface area (Å²) in [6.07, 6.45) is 0. The highest BCUT2D eigenvalue weighted by atomic mass is 32.2. The van der Waals surface area contributed by atoms with Crippen LogP contribution in [0.15, 0.2) is 47.6 Å². The summed E-state index contributed by atoms with van der Waals surface area (Å²) in [5, 5.41) is 6.07. The Hall–Kier alpha value is -2.80. The maximum atomic E-state index is 11.9. The Morgan fingerprint density at radius 3 is 2.73 bits per heavy atom. The van der Waals surface area contributed by atoms with Crippen molar-refractivity contribution in [1.82, 2.24) is 14.6 Å². The number of nitrogens with zero attached hydrogens (tertiary/aromatic N) is 4. The summed E-state index contributed by atoms with van der Waals surface area (Å²) < 4.78 is 7.69. The third-order valence-electron chi connectivity index (χ3n) is 5.04. The molecule has 6 nitrogen and oxygen atoms in total. The molecule has 0 unspecified atom stereocenters. The van der Waals surface area contributed by atoms with E-state index in [9.17, 15) is 4.79 Å². The summed E-state index contributed by atoms with van der Waals surface area (Å²) in [7, 11) is 1.68. The lowest BCUT2D eigenvalue weighted by Gasteiger charge is -2.21. The van der Waals surface area contributed by atoms with Crippen molar-refractivity contribution in [2.75, 3.05) is 19.4 Å². The standard InChI is InChI=1S/C23H26N4O2S/c1-5-27-23(28)30-14-20(25-27)16-9-10-21-19(12-16)24-22(26(21)13-15(2)3)17-7-6-8-18(11-17)29-4/h6-12,15H,5,13-14H2,1-4H3. The van der Waals surface area contributed by atoms with Crippen molar-refractivity contribution in [3.8, 4) is 17.1 Å². The van der Waals surface area contributed by atoms with Gasteiger partial charge in [-0.15, -0.1) is 0 Å². The van der Waals surface area contributed by atoms with Crippen LogP contribution in [0.1, 0.15) is 26.3 Å². The number of rotatable bonds is 6. The van der Waals surface area contributed by atoms with Crippen molar-refractivity contribution in [1.29, 1.82) is 0 Å². The van der Waals surface area contributed by atoms with Gasteiger partial charge in [0.1, 0.15) is 11.6 Å². The van der Waals surface area contributed by atoms with E-state index in [4.69, 9.17) is 9.72 Å². The van der Waals surface area contributed by atoms with Crippen LogP contribution < -0.4 is 4.74 Å². The largest absolute Gasteiger partial charge is 0.497 e. The van der Waals surface area contributed by atoms with E-state index in [1.54, 1.807) is 7.11 Å². The second-order valence-corrected chi connectivity index (χ2v) is 8.62. The first-order valence-electron chi connectivity index (χ1n) is 10.2. The predicted molar refractivity (Wildman–Crippen MR) is 123 cm³/mol. The number of aromatic nitrogens is 2. The first-order chi connectivity index (χ1) is 14.5. The fraction of sp³-hybridized carbons (Fsp3) is 0.348. The Morgan fingerprint density at radius 1 is 1.17 bits per heavy atom. The van der Waals surface area contributed by atoms with Gasteiger partial charge in [-0.1, -0.05) is 43.8 Å². The molecule has 0 N–H and O–H groups in total. The summed E-state index contributed by atoms with van der Waals surface area (Å²) in [4.78, 5) is 16.9. The monoisotopic (exact) mass is 422 g/mol. The van der Waals surface area contributed by atoms with E-state index in [1.807, 2.05) is 25.1 Å². The van der Waals surface area contributed by atoms with Gasteiger partial charge in [-0.3, -0.25) is 4.79 Å². The SMILES string of the molecule is CCN1N=C(c2ccc3c(c2)nc(-c2cccc(OC)c2)n3CC(C)C)CSC1=O. The molecule has 0 radical (unpaired) electrons. The van der Waals surface area contributed by atoms with E-state index < -0.39 is 0 Å². The lowest BCUT2D eigenvalue weighted by atomic mass is 10.1. The van der Waals surface area contributed by atoms with Crippen LogP contribution in [0.25, 0.3) is 22.4 Å². The number of carbonyl (C=O) groups is 1. The molecule has 30 heavy (non-hydrogen) atoms. The number of methoxy groups -OCH3 is 1. The summed E-state index contributed by atoms with van der Waals surface area (Å²) in [6, 6.07) is 14.3. The number of hydrogen-bond donors (Lipinski definition) is 0. The molecule has 7 heteroatoms. The molecule has 2 heterocycles. The third kappa shape index (κ3) is 3.94. The van der Waals surface area contributed by atoms with Gasteiger partial charge in [-0.05, 0) is 37.1 Å². The molecule has 0 spiro atoms. The van der Waals surface area contributed by atoms with Crippen molar-refractivity contribution < 1.29 is 9.53 Å². The van der Waals surface area contributed by atoms with Crippen molar-refractivity contribution >= 4 is 33.7 Å². The maximum Gasteiger partial charge on any atom is 0.302 e. The molecule has 1 aliphatic rings. The number of hydrazone groups is 1. The topological polar surface area (TPSA) is 59.7 Å². The zero-order chi connectivity index (χ0) is 21.3. The van der Waals surface area contributed by atoms with E-state index in [2.05, 4.69) is 47.8 Å². The predicted octanol–water partition coefficient (Wildman–Crippen LogP) is 5.26. The minimum atomic E-state index is 0.00357. The fourth-order valence-electron chi connectivity index (χ4n) is 3.60. The van der Waals surface area contributed by atoms with Gasteiger partial charge in [0.2, 0.25) is 0 Å². The van der Waals surface area contributed by atoms with Gasteiger partial charge in [0.15, 0.2) is 0 Å². The van der Waals surface area contributed by atoms with Gasteiger partial charge in [0, 0.05) is 30.0 Å². The summed E-state index contributed by atoms with van der Waals surface area (Å²) in [6.45, 7) is 7.79. The van der Waals surface area contributed by atoms with Crippen molar-refractivity contribution in [2.24, 2.45) is 11.0 Å². The summed E-state index contributed by atoms with van der Waals surface area (Å²) in [5.74, 6) is 2.81. The van der Waals surface area contributed by atoms with Crippen LogP contribution in [0, 0.1) is 5.92 Å². The highest BCUT2D eigenvalue weighted by Crippen LogP contribution is 2.29.